The van der Waals surface area contributed by atoms with Gasteiger partial charge in [-0.3, -0.25) is 0 Å². The van der Waals surface area contributed by atoms with Crippen molar-refractivity contribution in [3.05, 3.63) is 24.3 Å². The predicted molar refractivity (Wildman–Crippen MR) is 70.0 cm³/mol. The largest absolute Gasteiger partial charge is 0.497 e. The number of aliphatic carboxylic acids is 1. The van der Waals surface area contributed by atoms with E-state index in [1.54, 1.807) is 7.11 Å². The monoisotopic (exact) mass is 249 g/mol. The van der Waals surface area contributed by atoms with Crippen molar-refractivity contribution < 1.29 is 14.6 Å². The molecule has 1 aliphatic carbocycles. The van der Waals surface area contributed by atoms with E-state index in [4.69, 9.17) is 4.74 Å². The summed E-state index contributed by atoms with van der Waals surface area (Å²) >= 11 is 0. The number of nitrogens with one attached hydrogen (secondary N) is 1. The average molecular weight is 249 g/mol. The molecule has 1 aliphatic rings. The molecule has 1 aromatic rings. The highest BCUT2D eigenvalue weighted by Crippen LogP contribution is 2.43. The van der Waals surface area contributed by atoms with Gasteiger partial charge in [-0.1, -0.05) is 6.92 Å². The molecule has 0 saturated heterocycles. The highest BCUT2D eigenvalue weighted by atomic mass is 16.5. The molecule has 98 valence electrons. The van der Waals surface area contributed by atoms with Crippen LogP contribution in [-0.2, 0) is 4.79 Å². The standard InChI is InChI=1S/C14H19NO3/c1-3-14(13(16)17,10-4-5-10)15-11-6-8-12(18-2)9-7-11/h6-10,15H,3-5H2,1-2H3,(H,16,17). The Morgan fingerprint density at radius 2 is 2.06 bits per heavy atom. The number of anilines is 1. The Labute approximate surface area is 107 Å². The van der Waals surface area contributed by atoms with E-state index in [9.17, 15) is 9.90 Å². The Morgan fingerprint density at radius 3 is 2.44 bits per heavy atom. The molecule has 0 radical (unpaired) electrons. The van der Waals surface area contributed by atoms with Gasteiger partial charge < -0.3 is 15.2 Å². The van der Waals surface area contributed by atoms with Crippen LogP contribution < -0.4 is 10.1 Å². The molecule has 0 heterocycles. The van der Waals surface area contributed by atoms with E-state index >= 15 is 0 Å². The fourth-order valence-electron chi connectivity index (χ4n) is 2.37. The second-order valence-corrected chi connectivity index (χ2v) is 4.76. The second-order valence-electron chi connectivity index (χ2n) is 4.76. The Hall–Kier alpha value is -1.71. The molecule has 0 aliphatic heterocycles. The zero-order chi connectivity index (χ0) is 13.2. The van der Waals surface area contributed by atoms with Crippen LogP contribution in [0.2, 0.25) is 0 Å². The summed E-state index contributed by atoms with van der Waals surface area (Å²) in [4.78, 5) is 11.6. The molecule has 4 heteroatoms. The molecule has 2 rings (SSSR count). The topological polar surface area (TPSA) is 58.6 Å². The quantitative estimate of drug-likeness (QED) is 0.814. The van der Waals surface area contributed by atoms with E-state index in [0.29, 0.717) is 6.42 Å². The molecule has 0 bridgehead atoms. The SMILES string of the molecule is CCC(Nc1ccc(OC)cc1)(C(=O)O)C1CC1. The van der Waals surface area contributed by atoms with Crippen LogP contribution in [0.5, 0.6) is 5.75 Å². The lowest BCUT2D eigenvalue weighted by Crippen LogP contribution is -2.48. The maximum atomic E-state index is 11.6. The van der Waals surface area contributed by atoms with Crippen LogP contribution in [0.3, 0.4) is 0 Å². The summed E-state index contributed by atoms with van der Waals surface area (Å²) in [5.74, 6) is 0.245. The molecule has 0 amide bonds. The van der Waals surface area contributed by atoms with E-state index in [-0.39, 0.29) is 5.92 Å². The molecule has 0 spiro atoms. The summed E-state index contributed by atoms with van der Waals surface area (Å²) in [6.07, 6.45) is 2.56. The van der Waals surface area contributed by atoms with Gasteiger partial charge in [0.05, 0.1) is 7.11 Å². The Kier molecular flexibility index (Phi) is 3.45. The summed E-state index contributed by atoms with van der Waals surface area (Å²) in [5.41, 5.74) is 0.00107. The minimum absolute atomic E-state index is 0.238. The molecule has 4 nitrogen and oxygen atoms in total. The van der Waals surface area contributed by atoms with Crippen LogP contribution in [0.25, 0.3) is 0 Å². The van der Waals surface area contributed by atoms with Crippen molar-refractivity contribution in [2.45, 2.75) is 31.7 Å². The number of benzene rings is 1. The number of carboxylic acid groups (broad SMARTS) is 1. The third-order valence-corrected chi connectivity index (χ3v) is 3.67. The number of carbonyl (C=O) groups is 1. The number of rotatable bonds is 6. The van der Waals surface area contributed by atoms with Gasteiger partial charge in [-0.05, 0) is 49.4 Å². The fraction of sp³-hybridized carbons (Fsp3) is 0.500. The molecule has 1 fully saturated rings. The van der Waals surface area contributed by atoms with Crippen LogP contribution in [0, 0.1) is 5.92 Å². The predicted octanol–water partition coefficient (Wildman–Crippen LogP) is 2.75. The molecule has 1 atom stereocenters. The van der Waals surface area contributed by atoms with Crippen LogP contribution in [0.4, 0.5) is 5.69 Å². The average Bonchev–Trinajstić information content (AvgIpc) is 3.21. The van der Waals surface area contributed by atoms with Gasteiger partial charge in [0, 0.05) is 5.69 Å². The van der Waals surface area contributed by atoms with Gasteiger partial charge in [-0.2, -0.15) is 0 Å². The number of methoxy groups -OCH3 is 1. The normalized spacial score (nSPS) is 17.9. The van der Waals surface area contributed by atoms with E-state index < -0.39 is 11.5 Å². The zero-order valence-electron chi connectivity index (χ0n) is 10.8. The van der Waals surface area contributed by atoms with Gasteiger partial charge in [0.15, 0.2) is 0 Å². The molecule has 0 aromatic heterocycles. The van der Waals surface area contributed by atoms with Crippen molar-refractivity contribution in [3.8, 4) is 5.75 Å². The van der Waals surface area contributed by atoms with Crippen molar-refractivity contribution in [1.29, 1.82) is 0 Å². The molecule has 1 unspecified atom stereocenters. The van der Waals surface area contributed by atoms with E-state index in [2.05, 4.69) is 5.32 Å². The van der Waals surface area contributed by atoms with Gasteiger partial charge in [0.1, 0.15) is 11.3 Å². The smallest absolute Gasteiger partial charge is 0.329 e. The van der Waals surface area contributed by atoms with Gasteiger partial charge >= 0.3 is 5.97 Å². The van der Waals surface area contributed by atoms with Crippen molar-refractivity contribution in [3.63, 3.8) is 0 Å². The van der Waals surface area contributed by atoms with Crippen molar-refractivity contribution in [1.82, 2.24) is 0 Å². The first kappa shape index (κ1) is 12.7. The van der Waals surface area contributed by atoms with Crippen molar-refractivity contribution >= 4 is 11.7 Å². The summed E-state index contributed by atoms with van der Waals surface area (Å²) in [7, 11) is 1.61. The number of carboxylic acids is 1. The number of hydrogen-bond acceptors (Lipinski definition) is 3. The van der Waals surface area contributed by atoms with Gasteiger partial charge in [-0.15, -0.1) is 0 Å². The summed E-state index contributed by atoms with van der Waals surface area (Å²) < 4.78 is 5.09. The Morgan fingerprint density at radius 1 is 1.44 bits per heavy atom. The molecule has 1 saturated carbocycles. The van der Waals surface area contributed by atoms with Crippen LogP contribution in [-0.4, -0.2) is 23.7 Å². The first-order valence-corrected chi connectivity index (χ1v) is 6.28. The van der Waals surface area contributed by atoms with Crippen molar-refractivity contribution in [2.75, 3.05) is 12.4 Å². The zero-order valence-corrected chi connectivity index (χ0v) is 10.8. The van der Waals surface area contributed by atoms with Gasteiger partial charge in [0.25, 0.3) is 0 Å². The number of hydrogen-bond donors (Lipinski definition) is 2. The maximum absolute atomic E-state index is 11.6. The minimum atomic E-state index is -0.825. The van der Waals surface area contributed by atoms with Crippen LogP contribution >= 0.6 is 0 Å². The Bertz CT molecular complexity index is 425. The van der Waals surface area contributed by atoms with Crippen molar-refractivity contribution in [2.24, 2.45) is 5.92 Å². The van der Waals surface area contributed by atoms with E-state index in [1.807, 2.05) is 31.2 Å². The van der Waals surface area contributed by atoms with Crippen LogP contribution in [0.1, 0.15) is 26.2 Å². The minimum Gasteiger partial charge on any atom is -0.497 e. The number of ether oxygens (including phenoxy) is 1. The molecule has 1 aromatic carbocycles. The molecular formula is C14H19NO3. The highest BCUT2D eigenvalue weighted by molar-refractivity contribution is 5.83. The lowest BCUT2D eigenvalue weighted by Gasteiger charge is -2.30. The molecule has 2 N–H and O–H groups in total. The van der Waals surface area contributed by atoms with Crippen LogP contribution in [0.15, 0.2) is 24.3 Å². The summed E-state index contributed by atoms with van der Waals surface area (Å²) in [6.45, 7) is 1.92. The lowest BCUT2D eigenvalue weighted by atomic mass is 9.89. The lowest BCUT2D eigenvalue weighted by molar-refractivity contribution is -0.143. The highest BCUT2D eigenvalue weighted by Gasteiger charge is 2.49. The third-order valence-electron chi connectivity index (χ3n) is 3.67. The first-order chi connectivity index (χ1) is 8.62. The summed E-state index contributed by atoms with van der Waals surface area (Å²) in [6, 6.07) is 7.37. The van der Waals surface area contributed by atoms with Gasteiger partial charge in [0.2, 0.25) is 0 Å². The maximum Gasteiger partial charge on any atom is 0.329 e. The Balaban J connectivity index is 2.19. The third kappa shape index (κ3) is 2.28. The summed E-state index contributed by atoms with van der Waals surface area (Å²) in [5, 5.41) is 12.7. The molecule has 18 heavy (non-hydrogen) atoms. The second kappa shape index (κ2) is 4.88. The van der Waals surface area contributed by atoms with E-state index in [0.717, 1.165) is 24.3 Å². The van der Waals surface area contributed by atoms with E-state index in [1.165, 1.54) is 0 Å². The first-order valence-electron chi connectivity index (χ1n) is 6.28. The van der Waals surface area contributed by atoms with Gasteiger partial charge in [-0.25, -0.2) is 4.79 Å². The fourth-order valence-corrected chi connectivity index (χ4v) is 2.37. The molecular weight excluding hydrogens is 230 g/mol.